The van der Waals surface area contributed by atoms with Crippen LogP contribution in [0.3, 0.4) is 0 Å². The summed E-state index contributed by atoms with van der Waals surface area (Å²) in [4.78, 5) is 14.2. The number of hydrogen-bond donors (Lipinski definition) is 1. The number of aromatic hydroxyl groups is 1. The molecule has 0 saturated carbocycles. The maximum atomic E-state index is 11.6. The van der Waals surface area contributed by atoms with Gasteiger partial charge in [0.25, 0.3) is 5.69 Å². The molecule has 0 unspecified atom stereocenters. The second kappa shape index (κ2) is 6.36. The number of non-ortho nitro benzene ring substituents is 1. The number of aliphatic imine (C=N–C) groups is 1. The van der Waals surface area contributed by atoms with E-state index in [1.807, 2.05) is 0 Å². The number of phenolic OH excluding ortho intramolecular Hbond substituents is 1. The summed E-state index contributed by atoms with van der Waals surface area (Å²) in [5.41, 5.74) is 0.572. The third-order valence-corrected chi connectivity index (χ3v) is 3.23. The Bertz CT molecular complexity index is 716. The lowest BCUT2D eigenvalue weighted by Crippen LogP contribution is -1.98. The predicted octanol–water partition coefficient (Wildman–Crippen LogP) is 2.76. The first-order valence-electron chi connectivity index (χ1n) is 5.90. The summed E-state index contributed by atoms with van der Waals surface area (Å²) in [5.74, 6) is -0.250. The highest BCUT2D eigenvalue weighted by molar-refractivity contribution is 9.10. The van der Waals surface area contributed by atoms with Crippen LogP contribution in [-0.2, 0) is 6.54 Å². The van der Waals surface area contributed by atoms with E-state index in [9.17, 15) is 20.3 Å². The van der Waals surface area contributed by atoms with Crippen molar-refractivity contribution < 1.29 is 15.1 Å². The van der Waals surface area contributed by atoms with Gasteiger partial charge in [-0.25, -0.2) is 0 Å². The van der Waals surface area contributed by atoms with Crippen molar-refractivity contribution in [2.24, 2.45) is 4.99 Å². The predicted molar refractivity (Wildman–Crippen MR) is 79.6 cm³/mol. The first-order valence-corrected chi connectivity index (χ1v) is 6.69. The average Bonchev–Trinajstić information content (AvgIpc) is 2.44. The van der Waals surface area contributed by atoms with Crippen LogP contribution in [0.1, 0.15) is 11.1 Å². The number of halogens is 1. The van der Waals surface area contributed by atoms with Gasteiger partial charge >= 0.3 is 0 Å². The van der Waals surface area contributed by atoms with E-state index >= 15 is 0 Å². The Morgan fingerprint density at radius 2 is 2.05 bits per heavy atom. The summed E-state index contributed by atoms with van der Waals surface area (Å²) in [7, 11) is 0. The van der Waals surface area contributed by atoms with Crippen molar-refractivity contribution in [2.75, 3.05) is 0 Å². The number of hydrogen-bond acceptors (Lipinski definition) is 5. The molecule has 0 fully saturated rings. The monoisotopic (exact) mass is 349 g/mol. The van der Waals surface area contributed by atoms with Gasteiger partial charge in [0.1, 0.15) is 5.75 Å². The van der Waals surface area contributed by atoms with E-state index in [1.165, 1.54) is 18.3 Å². The molecule has 2 aromatic carbocycles. The molecular weight excluding hydrogens is 340 g/mol. The van der Waals surface area contributed by atoms with E-state index in [0.717, 1.165) is 16.6 Å². The van der Waals surface area contributed by atoms with Crippen molar-refractivity contribution in [1.82, 2.24) is 0 Å². The molecule has 1 N–H and O–H groups in total. The van der Waals surface area contributed by atoms with E-state index in [-0.39, 0.29) is 29.3 Å². The second-order valence-corrected chi connectivity index (χ2v) is 5.14. The van der Waals surface area contributed by atoms with Crippen LogP contribution in [-0.4, -0.2) is 16.2 Å². The highest BCUT2D eigenvalue weighted by Crippen LogP contribution is 2.23. The van der Waals surface area contributed by atoms with Gasteiger partial charge in [-0.2, -0.15) is 0 Å². The minimum atomic E-state index is -0.563. The number of benzene rings is 2. The molecule has 0 bridgehead atoms. The second-order valence-electron chi connectivity index (χ2n) is 4.22. The lowest BCUT2D eigenvalue weighted by Gasteiger charge is -2.10. The third kappa shape index (κ3) is 3.79. The Hall–Kier alpha value is -2.41. The van der Waals surface area contributed by atoms with Gasteiger partial charge < -0.3 is 10.2 Å². The maximum Gasteiger partial charge on any atom is 0.269 e. The first-order chi connectivity index (χ1) is 9.97. The molecule has 7 heteroatoms. The van der Waals surface area contributed by atoms with Gasteiger partial charge in [-0.05, 0) is 23.8 Å². The molecule has 21 heavy (non-hydrogen) atoms. The third-order valence-electron chi connectivity index (χ3n) is 2.74. The Kier molecular flexibility index (Phi) is 4.54. The minimum absolute atomic E-state index is 0.00642. The van der Waals surface area contributed by atoms with Gasteiger partial charge in [0.2, 0.25) is 0 Å². The smallest absolute Gasteiger partial charge is 0.269 e. The largest absolute Gasteiger partial charge is 0.872 e. The average molecular weight is 350 g/mol. The SMILES string of the molecule is O=[N+]([O-])c1ccc([O-])c(CN=Cc2cc(Br)ccc2O)c1. The number of rotatable bonds is 4. The van der Waals surface area contributed by atoms with Crippen LogP contribution in [0, 0.1) is 10.1 Å². The lowest BCUT2D eigenvalue weighted by atomic mass is 10.1. The fourth-order valence-corrected chi connectivity index (χ4v) is 2.05. The van der Waals surface area contributed by atoms with Crippen LogP contribution in [0.2, 0.25) is 0 Å². The van der Waals surface area contributed by atoms with Gasteiger partial charge in [0.15, 0.2) is 0 Å². The quantitative estimate of drug-likeness (QED) is 0.521. The van der Waals surface area contributed by atoms with Crippen molar-refractivity contribution in [2.45, 2.75) is 6.54 Å². The Labute approximate surface area is 128 Å². The molecule has 0 heterocycles. The molecule has 0 amide bonds. The van der Waals surface area contributed by atoms with Gasteiger partial charge in [-0.3, -0.25) is 15.1 Å². The normalized spacial score (nSPS) is 10.9. The van der Waals surface area contributed by atoms with E-state index in [4.69, 9.17) is 0 Å². The zero-order valence-corrected chi connectivity index (χ0v) is 12.3. The van der Waals surface area contributed by atoms with Crippen molar-refractivity contribution in [3.05, 3.63) is 62.1 Å². The molecule has 2 aromatic rings. The fourth-order valence-electron chi connectivity index (χ4n) is 1.67. The van der Waals surface area contributed by atoms with E-state index < -0.39 is 4.92 Å². The van der Waals surface area contributed by atoms with Gasteiger partial charge in [0.05, 0.1) is 11.5 Å². The minimum Gasteiger partial charge on any atom is -0.872 e. The van der Waals surface area contributed by atoms with Gasteiger partial charge in [-0.1, -0.05) is 22.0 Å². The molecule has 0 aliphatic carbocycles. The zero-order valence-electron chi connectivity index (χ0n) is 10.7. The standard InChI is InChI=1S/C14H11BrN2O4/c15-11-1-3-13(18)9(5-11)7-16-8-10-6-12(17(20)21)2-4-14(10)19/h1-7,18-19H,8H2/p-1. The summed E-state index contributed by atoms with van der Waals surface area (Å²) in [6.07, 6.45) is 1.42. The molecule has 0 aliphatic heterocycles. The Balaban J connectivity index is 2.19. The molecule has 0 spiro atoms. The number of nitro benzene ring substituents is 1. The lowest BCUT2D eigenvalue weighted by molar-refractivity contribution is -0.385. The van der Waals surface area contributed by atoms with Crippen LogP contribution >= 0.6 is 15.9 Å². The molecule has 0 radical (unpaired) electrons. The van der Waals surface area contributed by atoms with Crippen LogP contribution in [0.5, 0.6) is 11.5 Å². The fraction of sp³-hybridized carbons (Fsp3) is 0.0714. The van der Waals surface area contributed by atoms with Crippen LogP contribution < -0.4 is 5.11 Å². The zero-order chi connectivity index (χ0) is 15.4. The number of nitrogens with zero attached hydrogens (tertiary/aromatic N) is 2. The highest BCUT2D eigenvalue weighted by atomic mass is 79.9. The van der Waals surface area contributed by atoms with Crippen molar-refractivity contribution in [3.63, 3.8) is 0 Å². The van der Waals surface area contributed by atoms with Crippen LogP contribution in [0.4, 0.5) is 5.69 Å². The van der Waals surface area contributed by atoms with Crippen LogP contribution in [0.25, 0.3) is 0 Å². The molecule has 2 rings (SSSR count). The molecule has 108 valence electrons. The van der Waals surface area contributed by atoms with Crippen LogP contribution in [0.15, 0.2) is 45.9 Å². The molecular formula is C14H10BrN2O4-. The Morgan fingerprint density at radius 3 is 2.76 bits per heavy atom. The molecule has 0 aliphatic rings. The van der Waals surface area contributed by atoms with E-state index in [2.05, 4.69) is 20.9 Å². The van der Waals surface area contributed by atoms with Gasteiger partial charge in [-0.15, -0.1) is 5.75 Å². The molecule has 0 aromatic heterocycles. The molecule has 0 saturated heterocycles. The number of phenols is 1. The number of nitro groups is 1. The van der Waals surface area contributed by atoms with Crippen molar-refractivity contribution in [3.8, 4) is 11.5 Å². The topological polar surface area (TPSA) is 98.8 Å². The summed E-state index contributed by atoms with van der Waals surface area (Å²) in [6, 6.07) is 8.39. The van der Waals surface area contributed by atoms with Gasteiger partial charge in [0, 0.05) is 28.4 Å². The highest BCUT2D eigenvalue weighted by Gasteiger charge is 2.06. The molecule has 6 nitrogen and oxygen atoms in total. The Morgan fingerprint density at radius 1 is 1.29 bits per heavy atom. The van der Waals surface area contributed by atoms with E-state index in [1.54, 1.807) is 12.1 Å². The van der Waals surface area contributed by atoms with Crippen molar-refractivity contribution in [1.29, 1.82) is 0 Å². The maximum absolute atomic E-state index is 11.6. The summed E-state index contributed by atoms with van der Waals surface area (Å²) in [6.45, 7) is 0.00642. The molecule has 0 atom stereocenters. The van der Waals surface area contributed by atoms with E-state index in [0.29, 0.717) is 5.56 Å². The van der Waals surface area contributed by atoms with Crippen molar-refractivity contribution >= 4 is 27.8 Å². The summed E-state index contributed by atoms with van der Waals surface area (Å²) < 4.78 is 0.779. The summed E-state index contributed by atoms with van der Waals surface area (Å²) >= 11 is 3.27. The first kappa shape index (κ1) is 15.0. The summed E-state index contributed by atoms with van der Waals surface area (Å²) in [5, 5.41) is 31.9.